The number of aromatic nitrogens is 1. The van der Waals surface area contributed by atoms with Gasteiger partial charge in [-0.3, -0.25) is 4.98 Å². The lowest BCUT2D eigenvalue weighted by Gasteiger charge is -1.68. The molecule has 0 aliphatic carbocycles. The molecule has 0 fully saturated rings. The van der Waals surface area contributed by atoms with E-state index in [0.717, 1.165) is 0 Å². The van der Waals surface area contributed by atoms with Gasteiger partial charge in [-0.15, -0.1) is 0 Å². The van der Waals surface area contributed by atoms with E-state index in [4.69, 9.17) is 1.37 Å². The monoisotopic (exact) mass is 79.0 g/mol. The Labute approximate surface area is 38.1 Å². The highest BCUT2D eigenvalue weighted by Crippen LogP contribution is 1.72. The zero-order valence-electron chi connectivity index (χ0n) is 4.18. The summed E-state index contributed by atoms with van der Waals surface area (Å²) >= 11 is 0. The van der Waals surface area contributed by atoms with Crippen LogP contribution >= 0.6 is 0 Å². The van der Waals surface area contributed by atoms with Crippen LogP contribution in [0.2, 0.25) is 0 Å². The fourth-order valence-corrected chi connectivity index (χ4v) is 0.246. The van der Waals surface area contributed by atoms with Gasteiger partial charge in [-0.05, 0) is 12.1 Å². The average molecular weight is 79.1 g/mol. The maximum atomic E-state index is 6.88. The summed E-state index contributed by atoms with van der Waals surface area (Å²) in [6.45, 7) is 0. The van der Waals surface area contributed by atoms with Crippen LogP contribution in [0.5, 0.6) is 0 Å². The van der Waals surface area contributed by atoms with Gasteiger partial charge in [-0.2, -0.15) is 0 Å². The zero-order valence-corrected chi connectivity index (χ0v) is 3.18. The quantitative estimate of drug-likeness (QED) is 0.450. The Kier molecular flexibility index (Phi) is 0.607. The third kappa shape index (κ3) is 0.549. The second-order valence-corrected chi connectivity index (χ2v) is 0.893. The van der Waals surface area contributed by atoms with Crippen molar-refractivity contribution in [2.45, 2.75) is 0 Å². The molecule has 1 heteroatoms. The van der Waals surface area contributed by atoms with E-state index in [1.165, 1.54) is 0 Å². The van der Waals surface area contributed by atoms with E-state index in [1.54, 1.807) is 18.3 Å². The SMILES string of the molecule is [2H]c1[c]nccc1. The Morgan fingerprint density at radius 2 is 2.67 bits per heavy atom. The molecule has 0 saturated heterocycles. The van der Waals surface area contributed by atoms with Crippen LogP contribution in [0.15, 0.2) is 24.4 Å². The summed E-state index contributed by atoms with van der Waals surface area (Å²) in [7, 11) is 0. The zero-order chi connectivity index (χ0) is 5.11. The molecule has 0 aliphatic heterocycles. The minimum atomic E-state index is 0.336. The third-order valence-electron chi connectivity index (χ3n) is 0.469. The predicted molar refractivity (Wildman–Crippen MR) is 23.1 cm³/mol. The molecule has 0 spiro atoms. The normalized spacial score (nSPS) is 10.3. The van der Waals surface area contributed by atoms with Gasteiger partial charge in [0.1, 0.15) is 0 Å². The van der Waals surface area contributed by atoms with Gasteiger partial charge in [0.2, 0.25) is 0 Å². The summed E-state index contributed by atoms with van der Waals surface area (Å²) in [5, 5.41) is 0. The highest BCUT2D eigenvalue weighted by molar-refractivity contribution is 4.86. The lowest BCUT2D eigenvalue weighted by atomic mass is 10.5. The smallest absolute Gasteiger partial charge is 0.0886 e. The summed E-state index contributed by atoms with van der Waals surface area (Å²) in [5.74, 6) is 0. The maximum Gasteiger partial charge on any atom is 0.0886 e. The van der Waals surface area contributed by atoms with Crippen molar-refractivity contribution >= 4 is 0 Å². The van der Waals surface area contributed by atoms with Crippen molar-refractivity contribution in [3.05, 3.63) is 30.6 Å². The minimum Gasteiger partial charge on any atom is -0.255 e. The van der Waals surface area contributed by atoms with Crippen LogP contribution < -0.4 is 0 Å². The van der Waals surface area contributed by atoms with Crippen molar-refractivity contribution in [1.82, 2.24) is 4.98 Å². The maximum absolute atomic E-state index is 6.88. The summed E-state index contributed by atoms with van der Waals surface area (Å²) in [6.07, 6.45) is 4.04. The minimum absolute atomic E-state index is 0.336. The first-order valence-corrected chi connectivity index (χ1v) is 1.69. The van der Waals surface area contributed by atoms with Crippen molar-refractivity contribution < 1.29 is 1.37 Å². The van der Waals surface area contributed by atoms with Gasteiger partial charge in [-0.1, -0.05) is 6.07 Å². The van der Waals surface area contributed by atoms with Gasteiger partial charge in [0.05, 0.1) is 7.57 Å². The largest absolute Gasteiger partial charge is 0.255 e. The molecular weight excluding hydrogens is 74.1 g/mol. The van der Waals surface area contributed by atoms with Crippen molar-refractivity contribution in [1.29, 1.82) is 0 Å². The van der Waals surface area contributed by atoms with Crippen molar-refractivity contribution in [3.8, 4) is 0 Å². The standard InChI is InChI=1S/C5H4N/c1-2-4-6-5-3-1/h1-4H/i3D. The van der Waals surface area contributed by atoms with E-state index < -0.39 is 0 Å². The Hall–Kier alpha value is -0.850. The van der Waals surface area contributed by atoms with E-state index in [-0.39, 0.29) is 0 Å². The molecule has 0 N–H and O–H groups in total. The fraction of sp³-hybridized carbons (Fsp3) is 0. The van der Waals surface area contributed by atoms with Crippen LogP contribution in [0.25, 0.3) is 0 Å². The van der Waals surface area contributed by atoms with Gasteiger partial charge in [0.15, 0.2) is 0 Å². The summed E-state index contributed by atoms with van der Waals surface area (Å²) in [6, 6.07) is 3.67. The number of hydrogen-bond donors (Lipinski definition) is 0. The van der Waals surface area contributed by atoms with E-state index in [9.17, 15) is 0 Å². The summed E-state index contributed by atoms with van der Waals surface area (Å²) in [5.41, 5.74) is 0. The molecule has 29 valence electrons. The first-order chi connectivity index (χ1) is 3.39. The molecule has 0 amide bonds. The summed E-state index contributed by atoms with van der Waals surface area (Å²) in [4.78, 5) is 3.57. The molecule has 0 aliphatic rings. The van der Waals surface area contributed by atoms with E-state index >= 15 is 0 Å². The molecule has 0 saturated carbocycles. The molecule has 1 heterocycles. The molecule has 0 atom stereocenters. The highest BCUT2D eigenvalue weighted by Gasteiger charge is 1.59. The Morgan fingerprint density at radius 3 is 3.00 bits per heavy atom. The van der Waals surface area contributed by atoms with E-state index in [2.05, 4.69) is 11.2 Å². The number of rotatable bonds is 0. The average Bonchev–Trinajstić information content (AvgIpc) is 1.69. The Bertz CT molecular complexity index is 138. The van der Waals surface area contributed by atoms with Crippen LogP contribution in [0.4, 0.5) is 0 Å². The first kappa shape index (κ1) is 2.35. The van der Waals surface area contributed by atoms with Gasteiger partial charge < -0.3 is 0 Å². The molecule has 0 bridgehead atoms. The van der Waals surface area contributed by atoms with Gasteiger partial charge >= 0.3 is 0 Å². The third-order valence-corrected chi connectivity index (χ3v) is 0.469. The Balaban J connectivity index is 3.02. The lowest BCUT2D eigenvalue weighted by molar-refractivity contribution is 1.31. The van der Waals surface area contributed by atoms with Crippen molar-refractivity contribution in [3.63, 3.8) is 0 Å². The molecule has 0 unspecified atom stereocenters. The van der Waals surface area contributed by atoms with Crippen LogP contribution in [0, 0.1) is 6.20 Å². The van der Waals surface area contributed by atoms with E-state index in [0.29, 0.717) is 6.04 Å². The van der Waals surface area contributed by atoms with Crippen molar-refractivity contribution in [2.24, 2.45) is 0 Å². The van der Waals surface area contributed by atoms with Crippen molar-refractivity contribution in [2.75, 3.05) is 0 Å². The molecule has 1 rings (SSSR count). The second kappa shape index (κ2) is 1.55. The molecule has 1 nitrogen and oxygen atoms in total. The van der Waals surface area contributed by atoms with Gasteiger partial charge in [0.25, 0.3) is 0 Å². The number of pyridine rings is 1. The van der Waals surface area contributed by atoms with Crippen LogP contribution in [-0.2, 0) is 0 Å². The Morgan fingerprint density at radius 1 is 1.67 bits per heavy atom. The topological polar surface area (TPSA) is 12.9 Å². The predicted octanol–water partition coefficient (Wildman–Crippen LogP) is 0.882. The van der Waals surface area contributed by atoms with Gasteiger partial charge in [-0.25, -0.2) is 0 Å². The lowest BCUT2D eigenvalue weighted by Crippen LogP contribution is -1.60. The van der Waals surface area contributed by atoms with Crippen LogP contribution in [0.1, 0.15) is 1.37 Å². The second-order valence-electron chi connectivity index (χ2n) is 0.893. The van der Waals surface area contributed by atoms with Crippen LogP contribution in [0.3, 0.4) is 0 Å². The van der Waals surface area contributed by atoms with Crippen LogP contribution in [-0.4, -0.2) is 4.98 Å². The molecule has 1 aromatic heterocycles. The summed E-state index contributed by atoms with van der Waals surface area (Å²) < 4.78 is 6.88. The molecular formula is C5H4N. The fourth-order valence-electron chi connectivity index (χ4n) is 0.246. The molecule has 6 heavy (non-hydrogen) atoms. The molecule has 1 aromatic rings. The first-order valence-electron chi connectivity index (χ1n) is 2.19. The van der Waals surface area contributed by atoms with Gasteiger partial charge in [0, 0.05) is 6.20 Å². The number of nitrogens with zero attached hydrogens (tertiary/aromatic N) is 1. The van der Waals surface area contributed by atoms with E-state index in [1.807, 2.05) is 0 Å². The molecule has 0 aromatic carbocycles. The number of hydrogen-bond acceptors (Lipinski definition) is 1. The highest BCUT2D eigenvalue weighted by atomic mass is 14.6. The molecule has 1 radical (unpaired) electrons.